The van der Waals surface area contributed by atoms with Crippen LogP contribution in [-0.4, -0.2) is 47.4 Å². The van der Waals surface area contributed by atoms with E-state index in [1.54, 1.807) is 35.2 Å². The number of fused-ring (bicyclic) bond motifs is 1. The molecule has 0 saturated carbocycles. The van der Waals surface area contributed by atoms with E-state index < -0.39 is 23.8 Å². The Morgan fingerprint density at radius 1 is 1.05 bits per heavy atom. The van der Waals surface area contributed by atoms with Gasteiger partial charge in [-0.25, -0.2) is 9.59 Å². The third kappa shape index (κ3) is 7.34. The van der Waals surface area contributed by atoms with E-state index in [0.717, 1.165) is 24.0 Å². The Kier molecular flexibility index (Phi) is 9.06. The number of carbonyl (C=O) groups excluding carboxylic acids is 2. The van der Waals surface area contributed by atoms with Crippen molar-refractivity contribution in [3.05, 3.63) is 93.5 Å². The Hall–Kier alpha value is -3.55. The number of carbonyl (C=O) groups is 2. The third-order valence-corrected chi connectivity index (χ3v) is 7.14. The zero-order valence-electron chi connectivity index (χ0n) is 23.6. The zero-order chi connectivity index (χ0) is 29.0. The molecule has 3 aromatic carbocycles. The fourth-order valence-corrected chi connectivity index (χ4v) is 5.07. The predicted molar refractivity (Wildman–Crippen MR) is 154 cm³/mol. The summed E-state index contributed by atoms with van der Waals surface area (Å²) in [5, 5.41) is 11.6. The summed E-state index contributed by atoms with van der Waals surface area (Å²) >= 11 is 6.14. The number of benzene rings is 3. The monoisotopic (exact) mass is 565 g/mol. The van der Waals surface area contributed by atoms with Gasteiger partial charge in [0.15, 0.2) is 0 Å². The standard InChI is InChI=1S/C32H36ClNO6/c1-20-9-13-27(18-28(20)30(36)38-5)39-26-14-11-21-10-12-25(16-23(21)17-26)34(31(37)40-32(2,3)4)19-29(35)22-7-6-8-24(33)15-22/h6-9,11,13-15,17-18,25,29,35H,10,12,16,19H2,1-5H3/t25-,29-/m0/s1. The Morgan fingerprint density at radius 3 is 2.48 bits per heavy atom. The second kappa shape index (κ2) is 12.3. The maximum Gasteiger partial charge on any atom is 0.410 e. The summed E-state index contributed by atoms with van der Waals surface area (Å²) in [5.41, 5.74) is 3.44. The Morgan fingerprint density at radius 2 is 1.77 bits per heavy atom. The summed E-state index contributed by atoms with van der Waals surface area (Å²) < 4.78 is 16.7. The number of hydrogen-bond acceptors (Lipinski definition) is 6. The van der Waals surface area contributed by atoms with Crippen molar-refractivity contribution in [2.24, 2.45) is 0 Å². The molecule has 40 heavy (non-hydrogen) atoms. The van der Waals surface area contributed by atoms with Crippen LogP contribution in [-0.2, 0) is 22.3 Å². The van der Waals surface area contributed by atoms with E-state index in [1.165, 1.54) is 12.7 Å². The highest BCUT2D eigenvalue weighted by Gasteiger charge is 2.33. The molecule has 0 heterocycles. The molecule has 1 aliphatic carbocycles. The van der Waals surface area contributed by atoms with Gasteiger partial charge in [0, 0.05) is 11.1 Å². The second-order valence-corrected chi connectivity index (χ2v) is 11.5. The van der Waals surface area contributed by atoms with E-state index in [-0.39, 0.29) is 12.6 Å². The average Bonchev–Trinajstić information content (AvgIpc) is 2.90. The summed E-state index contributed by atoms with van der Waals surface area (Å²) in [6.45, 7) is 7.40. The molecular formula is C32H36ClNO6. The first kappa shape index (κ1) is 29.4. The lowest BCUT2D eigenvalue weighted by molar-refractivity contribution is 0.00194. The minimum absolute atomic E-state index is 0.0745. The Bertz CT molecular complexity index is 1380. The van der Waals surface area contributed by atoms with Crippen LogP contribution >= 0.6 is 11.6 Å². The van der Waals surface area contributed by atoms with Gasteiger partial charge in [-0.05, 0) is 106 Å². The number of amides is 1. The van der Waals surface area contributed by atoms with Crippen LogP contribution in [0.5, 0.6) is 11.5 Å². The molecule has 2 atom stereocenters. The smallest absolute Gasteiger partial charge is 0.410 e. The van der Waals surface area contributed by atoms with Crippen LogP contribution in [0, 0.1) is 6.92 Å². The van der Waals surface area contributed by atoms with E-state index in [0.29, 0.717) is 34.1 Å². The van der Waals surface area contributed by atoms with Crippen molar-refractivity contribution in [2.75, 3.05) is 13.7 Å². The molecule has 8 heteroatoms. The lowest BCUT2D eigenvalue weighted by Crippen LogP contribution is -2.47. The maximum atomic E-state index is 13.4. The molecule has 0 bridgehead atoms. The molecule has 0 unspecified atom stereocenters. The van der Waals surface area contributed by atoms with Gasteiger partial charge in [-0.1, -0.05) is 35.9 Å². The highest BCUT2D eigenvalue weighted by atomic mass is 35.5. The average molecular weight is 566 g/mol. The molecule has 4 rings (SSSR count). The summed E-state index contributed by atoms with van der Waals surface area (Å²) in [5.74, 6) is 0.735. The molecule has 0 radical (unpaired) electrons. The zero-order valence-corrected chi connectivity index (χ0v) is 24.3. The number of esters is 1. The van der Waals surface area contributed by atoms with Gasteiger partial charge in [0.05, 0.1) is 25.3 Å². The van der Waals surface area contributed by atoms with Gasteiger partial charge in [0.25, 0.3) is 0 Å². The summed E-state index contributed by atoms with van der Waals surface area (Å²) in [6, 6.07) is 18.1. The molecule has 0 aliphatic heterocycles. The van der Waals surface area contributed by atoms with Crippen molar-refractivity contribution in [1.82, 2.24) is 4.90 Å². The molecule has 7 nitrogen and oxygen atoms in total. The highest BCUT2D eigenvalue weighted by Crippen LogP contribution is 2.32. The normalized spacial score (nSPS) is 15.5. The lowest BCUT2D eigenvalue weighted by Gasteiger charge is -2.37. The lowest BCUT2D eigenvalue weighted by atomic mass is 9.87. The summed E-state index contributed by atoms with van der Waals surface area (Å²) in [4.78, 5) is 27.1. The van der Waals surface area contributed by atoms with Gasteiger partial charge in [0.1, 0.15) is 17.1 Å². The van der Waals surface area contributed by atoms with Crippen molar-refractivity contribution in [2.45, 2.75) is 64.7 Å². The van der Waals surface area contributed by atoms with Gasteiger partial charge >= 0.3 is 12.1 Å². The van der Waals surface area contributed by atoms with Crippen molar-refractivity contribution < 1.29 is 28.9 Å². The largest absolute Gasteiger partial charge is 0.465 e. The molecular weight excluding hydrogens is 530 g/mol. The number of nitrogens with zero attached hydrogens (tertiary/aromatic N) is 1. The van der Waals surface area contributed by atoms with E-state index in [1.807, 2.05) is 58.0 Å². The topological polar surface area (TPSA) is 85.3 Å². The molecule has 3 aromatic rings. The predicted octanol–water partition coefficient (Wildman–Crippen LogP) is 7.06. The number of aryl methyl sites for hydroxylation is 2. The quantitative estimate of drug-likeness (QED) is 0.309. The van der Waals surface area contributed by atoms with Crippen LogP contribution < -0.4 is 4.74 Å². The van der Waals surface area contributed by atoms with Crippen LogP contribution in [0.1, 0.15) is 65.9 Å². The molecule has 0 spiro atoms. The number of ether oxygens (including phenoxy) is 3. The van der Waals surface area contributed by atoms with Crippen LogP contribution in [0.2, 0.25) is 5.02 Å². The summed E-state index contributed by atoms with van der Waals surface area (Å²) in [6.07, 6.45) is 0.686. The maximum absolute atomic E-state index is 13.4. The third-order valence-electron chi connectivity index (χ3n) is 6.90. The first-order valence-electron chi connectivity index (χ1n) is 13.4. The first-order chi connectivity index (χ1) is 18.9. The van der Waals surface area contributed by atoms with E-state index in [2.05, 4.69) is 0 Å². The van der Waals surface area contributed by atoms with Gasteiger partial charge in [-0.3, -0.25) is 0 Å². The van der Waals surface area contributed by atoms with E-state index >= 15 is 0 Å². The van der Waals surface area contributed by atoms with Gasteiger partial charge in [0.2, 0.25) is 0 Å². The number of halogens is 1. The first-order valence-corrected chi connectivity index (χ1v) is 13.7. The van der Waals surface area contributed by atoms with Crippen LogP contribution in [0.25, 0.3) is 0 Å². The fourth-order valence-electron chi connectivity index (χ4n) is 4.87. The molecule has 1 N–H and O–H groups in total. The minimum Gasteiger partial charge on any atom is -0.465 e. The molecule has 1 aliphatic rings. The minimum atomic E-state index is -0.923. The van der Waals surface area contributed by atoms with Crippen LogP contribution in [0.15, 0.2) is 60.7 Å². The Balaban J connectivity index is 1.56. The molecule has 0 saturated heterocycles. The Labute approximate surface area is 240 Å². The summed E-state index contributed by atoms with van der Waals surface area (Å²) in [7, 11) is 1.35. The fraction of sp³-hybridized carbons (Fsp3) is 0.375. The van der Waals surface area contributed by atoms with Crippen LogP contribution in [0.3, 0.4) is 0 Å². The molecule has 212 valence electrons. The number of aliphatic hydroxyl groups excluding tert-OH is 1. The number of methoxy groups -OCH3 is 1. The molecule has 0 fully saturated rings. The molecule has 1 amide bonds. The second-order valence-electron chi connectivity index (χ2n) is 11.1. The number of hydrogen-bond donors (Lipinski definition) is 1. The van der Waals surface area contributed by atoms with E-state index in [9.17, 15) is 14.7 Å². The van der Waals surface area contributed by atoms with Gasteiger partial charge in [-0.2, -0.15) is 0 Å². The van der Waals surface area contributed by atoms with Crippen molar-refractivity contribution in [3.63, 3.8) is 0 Å². The SMILES string of the molecule is COC(=O)c1cc(Oc2ccc3c(c2)C[C@@H](N(C[C@H](O)c2cccc(Cl)c2)C(=O)OC(C)(C)C)CC3)ccc1C. The number of rotatable bonds is 7. The number of aliphatic hydroxyl groups is 1. The van der Waals surface area contributed by atoms with Crippen molar-refractivity contribution in [3.8, 4) is 11.5 Å². The van der Waals surface area contributed by atoms with Gasteiger partial charge < -0.3 is 24.2 Å². The van der Waals surface area contributed by atoms with Crippen molar-refractivity contribution in [1.29, 1.82) is 0 Å². The van der Waals surface area contributed by atoms with Gasteiger partial charge in [-0.15, -0.1) is 0 Å². The van der Waals surface area contributed by atoms with Crippen molar-refractivity contribution >= 4 is 23.7 Å². The molecule has 0 aromatic heterocycles. The van der Waals surface area contributed by atoms with Crippen LogP contribution in [0.4, 0.5) is 4.79 Å². The van der Waals surface area contributed by atoms with E-state index in [4.69, 9.17) is 25.8 Å². The highest BCUT2D eigenvalue weighted by molar-refractivity contribution is 6.30.